The zero-order valence-corrected chi connectivity index (χ0v) is 17.1. The molecular weight excluding hydrogens is 401 g/mol. The van der Waals surface area contributed by atoms with Crippen LogP contribution < -0.4 is 10.2 Å². The first-order valence-corrected chi connectivity index (χ1v) is 10.9. The summed E-state index contributed by atoms with van der Waals surface area (Å²) in [5, 5.41) is 11.9. The number of benzene rings is 1. The Bertz CT molecular complexity index is 853. The molecule has 150 valence electrons. The molecule has 28 heavy (non-hydrogen) atoms. The van der Waals surface area contributed by atoms with Crippen LogP contribution in [0.15, 0.2) is 28.6 Å². The number of halogens is 1. The minimum absolute atomic E-state index is 0.0715. The van der Waals surface area contributed by atoms with Crippen molar-refractivity contribution >= 4 is 45.9 Å². The maximum absolute atomic E-state index is 14.6. The van der Waals surface area contributed by atoms with E-state index < -0.39 is 17.8 Å². The van der Waals surface area contributed by atoms with Gasteiger partial charge >= 0.3 is 12.0 Å². The number of carbonyl (C=O) groups excluding carboxylic acids is 1. The second kappa shape index (κ2) is 9.38. The number of urea groups is 1. The first-order chi connectivity index (χ1) is 13.4. The van der Waals surface area contributed by atoms with Crippen LogP contribution in [0.5, 0.6) is 0 Å². The molecule has 0 spiro atoms. The molecule has 1 fully saturated rings. The van der Waals surface area contributed by atoms with Crippen LogP contribution in [0, 0.1) is 18.7 Å². The number of amides is 2. The summed E-state index contributed by atoms with van der Waals surface area (Å²) < 4.78 is 15.3. The molecule has 0 aliphatic heterocycles. The fourth-order valence-corrected chi connectivity index (χ4v) is 4.83. The van der Waals surface area contributed by atoms with Gasteiger partial charge in [-0.25, -0.2) is 14.2 Å². The van der Waals surface area contributed by atoms with Crippen molar-refractivity contribution in [1.82, 2.24) is 4.98 Å². The quantitative estimate of drug-likeness (QED) is 0.613. The van der Waals surface area contributed by atoms with Crippen LogP contribution in [0.25, 0.3) is 0 Å². The summed E-state index contributed by atoms with van der Waals surface area (Å²) in [7, 11) is 0. The summed E-state index contributed by atoms with van der Waals surface area (Å²) in [6, 6.07) is 4.42. The fourth-order valence-electron chi connectivity index (χ4n) is 3.25. The van der Waals surface area contributed by atoms with Crippen LogP contribution in [0.2, 0.25) is 0 Å². The van der Waals surface area contributed by atoms with Crippen LogP contribution in [0.1, 0.15) is 31.2 Å². The van der Waals surface area contributed by atoms with E-state index >= 15 is 0 Å². The molecule has 0 unspecified atom stereocenters. The summed E-state index contributed by atoms with van der Waals surface area (Å²) in [4.78, 5) is 29.2. The molecule has 1 aromatic carbocycles. The standard InChI is InChI=1S/C19H22FN3O3S2/c1-12-6-7-15(14(20)8-12)23(10-13-4-2-3-5-13)19(26)22-18-21-9-17(28-18)27-11-16(24)25/h6-9,13H,2-5,10-11H2,1H3,(H,24,25)(H,21,22,26). The predicted molar refractivity (Wildman–Crippen MR) is 110 cm³/mol. The van der Waals surface area contributed by atoms with Gasteiger partial charge in [0.25, 0.3) is 0 Å². The number of carboxylic acids is 1. The van der Waals surface area contributed by atoms with E-state index in [1.54, 1.807) is 19.1 Å². The number of hydrogen-bond donors (Lipinski definition) is 2. The van der Waals surface area contributed by atoms with Crippen molar-refractivity contribution in [2.24, 2.45) is 5.92 Å². The molecule has 1 aliphatic rings. The molecule has 2 amide bonds. The second-order valence-corrected chi connectivity index (χ2v) is 9.12. The van der Waals surface area contributed by atoms with E-state index in [1.807, 2.05) is 0 Å². The number of carboxylic acid groups (broad SMARTS) is 1. The molecule has 3 rings (SSSR count). The van der Waals surface area contributed by atoms with Gasteiger partial charge in [0.05, 0.1) is 21.8 Å². The third-order valence-corrected chi connectivity index (χ3v) is 6.68. The molecule has 2 aromatic rings. The number of aryl methyl sites for hydroxylation is 1. The van der Waals surface area contributed by atoms with Gasteiger partial charge in [0.15, 0.2) is 5.13 Å². The van der Waals surface area contributed by atoms with E-state index in [2.05, 4.69) is 10.3 Å². The lowest BCUT2D eigenvalue weighted by molar-refractivity contribution is -0.133. The average molecular weight is 424 g/mol. The number of thioether (sulfide) groups is 1. The Morgan fingerprint density at radius 1 is 1.39 bits per heavy atom. The minimum atomic E-state index is -0.915. The minimum Gasteiger partial charge on any atom is -0.481 e. The van der Waals surface area contributed by atoms with Gasteiger partial charge < -0.3 is 5.11 Å². The molecule has 1 saturated carbocycles. The van der Waals surface area contributed by atoms with Gasteiger partial charge in [-0.2, -0.15) is 0 Å². The number of nitrogens with zero attached hydrogens (tertiary/aromatic N) is 2. The largest absolute Gasteiger partial charge is 0.481 e. The summed E-state index contributed by atoms with van der Waals surface area (Å²) >= 11 is 2.34. The summed E-state index contributed by atoms with van der Waals surface area (Å²) in [5.41, 5.74) is 1.05. The molecule has 0 atom stereocenters. The van der Waals surface area contributed by atoms with Gasteiger partial charge in [0.2, 0.25) is 0 Å². The van der Waals surface area contributed by atoms with E-state index in [1.165, 1.54) is 28.5 Å². The highest BCUT2D eigenvalue weighted by Gasteiger charge is 2.26. The zero-order chi connectivity index (χ0) is 20.1. The Morgan fingerprint density at radius 2 is 2.14 bits per heavy atom. The lowest BCUT2D eigenvalue weighted by Crippen LogP contribution is -2.38. The van der Waals surface area contributed by atoms with Crippen LogP contribution in [-0.4, -0.2) is 34.4 Å². The highest BCUT2D eigenvalue weighted by molar-refractivity contribution is 8.01. The molecule has 0 radical (unpaired) electrons. The molecule has 6 nitrogen and oxygen atoms in total. The van der Waals surface area contributed by atoms with Gasteiger partial charge in [0, 0.05) is 6.54 Å². The highest BCUT2D eigenvalue weighted by atomic mass is 32.2. The van der Waals surface area contributed by atoms with E-state index in [4.69, 9.17) is 5.11 Å². The smallest absolute Gasteiger partial charge is 0.328 e. The lowest BCUT2D eigenvalue weighted by atomic mass is 10.1. The van der Waals surface area contributed by atoms with Crippen LogP contribution in [0.4, 0.5) is 20.0 Å². The van der Waals surface area contributed by atoms with Crippen molar-refractivity contribution in [1.29, 1.82) is 0 Å². The Kier molecular flexibility index (Phi) is 6.90. The number of aromatic nitrogens is 1. The fraction of sp³-hybridized carbons (Fsp3) is 0.421. The van der Waals surface area contributed by atoms with Gasteiger partial charge in [-0.05, 0) is 43.4 Å². The van der Waals surface area contributed by atoms with E-state index in [-0.39, 0.29) is 11.4 Å². The molecule has 0 bridgehead atoms. The molecule has 2 N–H and O–H groups in total. The SMILES string of the molecule is Cc1ccc(N(CC2CCCC2)C(=O)Nc2ncc(SCC(=O)O)s2)c(F)c1. The van der Waals surface area contributed by atoms with E-state index in [9.17, 15) is 14.0 Å². The van der Waals surface area contributed by atoms with Gasteiger partial charge in [-0.3, -0.25) is 15.0 Å². The van der Waals surface area contributed by atoms with Crippen molar-refractivity contribution in [2.75, 3.05) is 22.5 Å². The number of anilines is 2. The van der Waals surface area contributed by atoms with Crippen molar-refractivity contribution in [3.8, 4) is 0 Å². The molecule has 0 saturated heterocycles. The Morgan fingerprint density at radius 3 is 2.82 bits per heavy atom. The number of carbonyl (C=O) groups is 2. The zero-order valence-electron chi connectivity index (χ0n) is 15.5. The van der Waals surface area contributed by atoms with Crippen LogP contribution >= 0.6 is 23.1 Å². The maximum Gasteiger partial charge on any atom is 0.328 e. The average Bonchev–Trinajstić information content (AvgIpc) is 3.30. The number of nitrogens with one attached hydrogen (secondary N) is 1. The molecule has 9 heteroatoms. The van der Waals surface area contributed by atoms with E-state index in [0.717, 1.165) is 43.0 Å². The Labute approximate surface area is 171 Å². The third kappa shape index (κ3) is 5.45. The molecule has 1 heterocycles. The Balaban J connectivity index is 1.75. The summed E-state index contributed by atoms with van der Waals surface area (Å²) in [6.45, 7) is 2.26. The van der Waals surface area contributed by atoms with Gasteiger partial charge in [-0.1, -0.05) is 30.2 Å². The summed E-state index contributed by atoms with van der Waals surface area (Å²) in [5.74, 6) is -1.06. The van der Waals surface area contributed by atoms with E-state index in [0.29, 0.717) is 21.8 Å². The maximum atomic E-state index is 14.6. The Hall–Kier alpha value is -2.13. The number of aliphatic carboxylic acids is 1. The first kappa shape index (κ1) is 20.6. The number of hydrogen-bond acceptors (Lipinski definition) is 5. The first-order valence-electron chi connectivity index (χ1n) is 9.07. The van der Waals surface area contributed by atoms with Crippen molar-refractivity contribution in [3.63, 3.8) is 0 Å². The molecule has 1 aromatic heterocycles. The predicted octanol–water partition coefficient (Wildman–Crippen LogP) is 5.00. The summed E-state index contributed by atoms with van der Waals surface area (Å²) in [6.07, 6.45) is 5.86. The number of rotatable bonds is 7. The normalized spacial score (nSPS) is 14.2. The molecule has 1 aliphatic carbocycles. The third-order valence-electron chi connectivity index (χ3n) is 4.59. The van der Waals surface area contributed by atoms with Crippen LogP contribution in [0.3, 0.4) is 0 Å². The topological polar surface area (TPSA) is 82.5 Å². The van der Waals surface area contributed by atoms with Crippen molar-refractivity contribution in [2.45, 2.75) is 36.8 Å². The van der Waals surface area contributed by atoms with Crippen molar-refractivity contribution in [3.05, 3.63) is 35.8 Å². The van der Waals surface area contributed by atoms with Crippen LogP contribution in [-0.2, 0) is 4.79 Å². The lowest BCUT2D eigenvalue weighted by Gasteiger charge is -2.26. The monoisotopic (exact) mass is 423 g/mol. The molecular formula is C19H22FN3O3S2. The number of thiazole rings is 1. The second-order valence-electron chi connectivity index (χ2n) is 6.81. The van der Waals surface area contributed by atoms with Gasteiger partial charge in [-0.15, -0.1) is 11.8 Å². The highest BCUT2D eigenvalue weighted by Crippen LogP contribution is 2.31. The van der Waals surface area contributed by atoms with Crippen molar-refractivity contribution < 1.29 is 19.1 Å². The van der Waals surface area contributed by atoms with Gasteiger partial charge in [0.1, 0.15) is 5.82 Å².